The first-order valence-corrected chi connectivity index (χ1v) is 5.78. The van der Waals surface area contributed by atoms with Crippen LogP contribution in [-0.2, 0) is 0 Å². The third kappa shape index (κ3) is 1.27. The maximum absolute atomic E-state index is 11.0. The Morgan fingerprint density at radius 1 is 1.22 bits per heavy atom. The van der Waals surface area contributed by atoms with Gasteiger partial charge in [-0.2, -0.15) is 0 Å². The van der Waals surface area contributed by atoms with Crippen molar-refractivity contribution in [1.82, 2.24) is 0 Å². The first-order valence-electron chi connectivity index (χ1n) is 5.78. The number of fused-ring (bicyclic) bond motifs is 5. The molecule has 0 amide bonds. The highest BCUT2D eigenvalue weighted by molar-refractivity contribution is 5.61. The van der Waals surface area contributed by atoms with Crippen molar-refractivity contribution in [3.8, 4) is 11.5 Å². The summed E-state index contributed by atoms with van der Waals surface area (Å²) in [6, 6.07) is 3.67. The first kappa shape index (κ1) is 11.1. The molecule has 0 aromatic heterocycles. The van der Waals surface area contributed by atoms with Crippen LogP contribution in [0.5, 0.6) is 11.5 Å². The van der Waals surface area contributed by atoms with Crippen molar-refractivity contribution >= 4 is 0 Å². The second kappa shape index (κ2) is 3.73. The van der Waals surface area contributed by atoms with Crippen molar-refractivity contribution in [2.24, 2.45) is 0 Å². The van der Waals surface area contributed by atoms with Crippen LogP contribution in [-0.4, -0.2) is 19.1 Å². The van der Waals surface area contributed by atoms with Gasteiger partial charge in [0, 0.05) is 17.0 Å². The van der Waals surface area contributed by atoms with Crippen molar-refractivity contribution < 1.29 is 14.4 Å². The molecule has 5 heteroatoms. The topological polar surface area (TPSA) is 61.6 Å². The molecular weight excluding hydrogens is 234 g/mol. The lowest BCUT2D eigenvalue weighted by molar-refractivity contribution is -0.429. The summed E-state index contributed by atoms with van der Waals surface area (Å²) in [6.45, 7) is 0. The van der Waals surface area contributed by atoms with Crippen LogP contribution in [0.1, 0.15) is 29.4 Å². The lowest BCUT2D eigenvalue weighted by Crippen LogP contribution is -2.09. The second-order valence-corrected chi connectivity index (χ2v) is 4.54. The van der Waals surface area contributed by atoms with Crippen LogP contribution in [0.3, 0.4) is 0 Å². The van der Waals surface area contributed by atoms with Gasteiger partial charge in [0.05, 0.1) is 25.1 Å². The third-order valence-corrected chi connectivity index (χ3v) is 3.80. The molecule has 2 aliphatic rings. The normalized spacial score (nSPS) is 23.6. The van der Waals surface area contributed by atoms with E-state index in [0.29, 0.717) is 11.4 Å². The van der Waals surface area contributed by atoms with Crippen LogP contribution in [0.4, 0.5) is 0 Å². The summed E-state index contributed by atoms with van der Waals surface area (Å²) in [6.07, 6.45) is 2.50. The minimum absolute atomic E-state index is 0.0791. The number of hydrogen-bond acceptors (Lipinski definition) is 4. The fourth-order valence-corrected chi connectivity index (χ4v) is 3.11. The molecular formula is C13H13NO4. The molecule has 5 nitrogen and oxygen atoms in total. The molecule has 2 atom stereocenters. The average molecular weight is 247 g/mol. The van der Waals surface area contributed by atoms with Crippen LogP contribution in [0, 0.1) is 10.1 Å². The van der Waals surface area contributed by atoms with Gasteiger partial charge < -0.3 is 9.47 Å². The molecule has 1 aromatic carbocycles. The highest BCUT2D eigenvalue weighted by Gasteiger charge is 2.47. The predicted octanol–water partition coefficient (Wildman–Crippen LogP) is 2.45. The fourth-order valence-electron chi connectivity index (χ4n) is 3.11. The van der Waals surface area contributed by atoms with Crippen LogP contribution in [0.25, 0.3) is 0 Å². The zero-order chi connectivity index (χ0) is 12.9. The average Bonchev–Trinajstić information content (AvgIpc) is 2.96. The lowest BCUT2D eigenvalue weighted by Gasteiger charge is -2.18. The second-order valence-electron chi connectivity index (χ2n) is 4.54. The number of nitrogens with zero attached hydrogens (tertiary/aromatic N) is 1. The van der Waals surface area contributed by atoms with Gasteiger partial charge in [0.15, 0.2) is 0 Å². The predicted molar refractivity (Wildman–Crippen MR) is 64.7 cm³/mol. The van der Waals surface area contributed by atoms with E-state index in [-0.39, 0.29) is 16.8 Å². The molecule has 0 radical (unpaired) electrons. The molecule has 0 N–H and O–H groups in total. The van der Waals surface area contributed by atoms with E-state index < -0.39 is 0 Å². The minimum atomic E-state index is -0.285. The summed E-state index contributed by atoms with van der Waals surface area (Å²) in [5, 5.41) is 11.0. The summed E-state index contributed by atoms with van der Waals surface area (Å²) in [4.78, 5) is 10.7. The van der Waals surface area contributed by atoms with Gasteiger partial charge in [0.2, 0.25) is 0 Å². The van der Waals surface area contributed by atoms with E-state index in [1.54, 1.807) is 20.3 Å². The van der Waals surface area contributed by atoms with E-state index in [4.69, 9.17) is 9.47 Å². The molecule has 18 heavy (non-hydrogen) atoms. The van der Waals surface area contributed by atoms with E-state index >= 15 is 0 Å². The molecule has 2 aliphatic carbocycles. The van der Waals surface area contributed by atoms with Crippen molar-refractivity contribution in [1.29, 1.82) is 0 Å². The molecule has 0 fully saturated rings. The molecule has 1 aromatic rings. The monoisotopic (exact) mass is 247 g/mol. The van der Waals surface area contributed by atoms with Crippen LogP contribution >= 0.6 is 0 Å². The van der Waals surface area contributed by atoms with Crippen LogP contribution in [0.15, 0.2) is 23.9 Å². The maximum Gasteiger partial charge on any atom is 0.250 e. The van der Waals surface area contributed by atoms with Gasteiger partial charge in [-0.05, 0) is 24.6 Å². The summed E-state index contributed by atoms with van der Waals surface area (Å²) in [5.41, 5.74) is 2.27. The van der Waals surface area contributed by atoms with Gasteiger partial charge in [0.1, 0.15) is 11.5 Å². The molecule has 0 saturated carbocycles. The largest absolute Gasteiger partial charge is 0.496 e. The van der Waals surface area contributed by atoms with Gasteiger partial charge in [-0.25, -0.2) is 0 Å². The van der Waals surface area contributed by atoms with Crippen molar-refractivity contribution in [2.75, 3.05) is 14.2 Å². The highest BCUT2D eigenvalue weighted by Crippen LogP contribution is 2.57. The standard InChI is InChI=1S/C13H13NO4/c1-17-10-3-4-11(18-2)13-8-5-7(12(10)13)6-9(8)14(15)16/h3-4,6-8H,5H2,1-2H3. The minimum Gasteiger partial charge on any atom is -0.496 e. The first-order chi connectivity index (χ1) is 8.67. The summed E-state index contributed by atoms with van der Waals surface area (Å²) in [7, 11) is 3.20. The highest BCUT2D eigenvalue weighted by atomic mass is 16.6. The van der Waals surface area contributed by atoms with E-state index in [2.05, 4.69) is 0 Å². The van der Waals surface area contributed by atoms with Crippen LogP contribution in [0.2, 0.25) is 0 Å². The summed E-state index contributed by atoms with van der Waals surface area (Å²) < 4.78 is 10.7. The Morgan fingerprint density at radius 2 is 1.83 bits per heavy atom. The number of benzene rings is 1. The van der Waals surface area contributed by atoms with E-state index in [9.17, 15) is 10.1 Å². The Morgan fingerprint density at radius 3 is 2.39 bits per heavy atom. The SMILES string of the molecule is COc1ccc(OC)c2c1C1C=C([N+](=O)[O-])C2C1. The lowest BCUT2D eigenvalue weighted by atomic mass is 9.93. The Balaban J connectivity index is 2.19. The van der Waals surface area contributed by atoms with E-state index in [0.717, 1.165) is 23.3 Å². The molecule has 94 valence electrons. The van der Waals surface area contributed by atoms with E-state index in [1.165, 1.54) is 0 Å². The van der Waals surface area contributed by atoms with E-state index in [1.807, 2.05) is 12.1 Å². The Labute approximate surface area is 104 Å². The Bertz CT molecular complexity index is 564. The molecule has 0 saturated heterocycles. The van der Waals surface area contributed by atoms with Crippen molar-refractivity contribution in [2.45, 2.75) is 18.3 Å². The maximum atomic E-state index is 11.0. The molecule has 3 rings (SSSR count). The van der Waals surface area contributed by atoms with Crippen molar-refractivity contribution in [3.05, 3.63) is 45.1 Å². The number of methoxy groups -OCH3 is 2. The van der Waals surface area contributed by atoms with Gasteiger partial charge in [-0.3, -0.25) is 10.1 Å². The van der Waals surface area contributed by atoms with Gasteiger partial charge in [0.25, 0.3) is 5.70 Å². The number of allylic oxidation sites excluding steroid dienone is 2. The fraction of sp³-hybridized carbons (Fsp3) is 0.385. The zero-order valence-corrected chi connectivity index (χ0v) is 10.2. The Kier molecular flexibility index (Phi) is 2.29. The van der Waals surface area contributed by atoms with Crippen molar-refractivity contribution in [3.63, 3.8) is 0 Å². The molecule has 0 heterocycles. The number of hydrogen-bond donors (Lipinski definition) is 0. The molecule has 2 bridgehead atoms. The summed E-state index contributed by atoms with van der Waals surface area (Å²) in [5.74, 6) is 1.42. The number of nitro groups is 1. The van der Waals surface area contributed by atoms with Gasteiger partial charge in [-0.1, -0.05) is 0 Å². The van der Waals surface area contributed by atoms with Gasteiger partial charge >= 0.3 is 0 Å². The molecule has 0 aliphatic heterocycles. The number of rotatable bonds is 3. The quantitative estimate of drug-likeness (QED) is 0.608. The smallest absolute Gasteiger partial charge is 0.250 e. The zero-order valence-electron chi connectivity index (χ0n) is 10.2. The number of ether oxygens (including phenoxy) is 2. The third-order valence-electron chi connectivity index (χ3n) is 3.80. The van der Waals surface area contributed by atoms with Gasteiger partial charge in [-0.15, -0.1) is 0 Å². The summed E-state index contributed by atoms with van der Waals surface area (Å²) >= 11 is 0. The molecule has 0 spiro atoms. The van der Waals surface area contributed by atoms with Crippen LogP contribution < -0.4 is 9.47 Å². The molecule has 2 unspecified atom stereocenters. The Hall–Kier alpha value is -2.04.